The quantitative estimate of drug-likeness (QED) is 0.940. The Morgan fingerprint density at radius 1 is 1.18 bits per heavy atom. The summed E-state index contributed by atoms with van der Waals surface area (Å²) in [5, 5.41) is 9.01. The molecular weight excluding hydrogens is 286 g/mol. The van der Waals surface area contributed by atoms with Crippen molar-refractivity contribution in [1.82, 2.24) is 4.90 Å². The highest BCUT2D eigenvalue weighted by molar-refractivity contribution is 5.97. The fourth-order valence-electron chi connectivity index (χ4n) is 2.45. The van der Waals surface area contributed by atoms with Crippen molar-refractivity contribution < 1.29 is 23.8 Å². The molecule has 1 aromatic heterocycles. The summed E-state index contributed by atoms with van der Waals surface area (Å²) in [6, 6.07) is 9.62. The van der Waals surface area contributed by atoms with Crippen LogP contribution >= 0.6 is 0 Å². The molecule has 0 aliphatic carbocycles. The molecule has 0 saturated carbocycles. The van der Waals surface area contributed by atoms with Gasteiger partial charge in [-0.2, -0.15) is 0 Å². The lowest BCUT2D eigenvalue weighted by atomic mass is 10.1. The number of furan rings is 1. The maximum atomic E-state index is 12.5. The summed E-state index contributed by atoms with van der Waals surface area (Å²) < 4.78 is 10.9. The molecule has 3 rings (SSSR count). The standard InChI is InChI=1S/C16H15NO5/c18-15(11-3-1-4-12(9-11)16(19)20)17-6-8-22-14(10-17)13-5-2-7-21-13/h1-5,7,9,14H,6,8,10H2,(H,19,20). The molecule has 1 amide bonds. The molecule has 0 bridgehead atoms. The molecule has 1 atom stereocenters. The first-order valence-corrected chi connectivity index (χ1v) is 6.93. The highest BCUT2D eigenvalue weighted by atomic mass is 16.5. The third-order valence-corrected chi connectivity index (χ3v) is 3.57. The molecule has 1 aliphatic rings. The van der Waals surface area contributed by atoms with Crippen LogP contribution in [0.5, 0.6) is 0 Å². The van der Waals surface area contributed by atoms with E-state index in [-0.39, 0.29) is 17.6 Å². The van der Waals surface area contributed by atoms with E-state index in [4.69, 9.17) is 14.3 Å². The number of hydrogen-bond donors (Lipinski definition) is 1. The number of carbonyl (C=O) groups is 2. The Hall–Kier alpha value is -2.60. The number of morpholine rings is 1. The van der Waals surface area contributed by atoms with E-state index < -0.39 is 5.97 Å². The number of amides is 1. The van der Waals surface area contributed by atoms with Crippen LogP contribution in [0, 0.1) is 0 Å². The van der Waals surface area contributed by atoms with Gasteiger partial charge in [0.15, 0.2) is 0 Å². The lowest BCUT2D eigenvalue weighted by molar-refractivity contribution is -0.0321. The minimum atomic E-state index is -1.05. The van der Waals surface area contributed by atoms with Gasteiger partial charge in [0.25, 0.3) is 5.91 Å². The largest absolute Gasteiger partial charge is 0.478 e. The molecule has 0 spiro atoms. The summed E-state index contributed by atoms with van der Waals surface area (Å²) in [6.45, 7) is 1.26. The molecule has 1 N–H and O–H groups in total. The van der Waals surface area contributed by atoms with E-state index in [2.05, 4.69) is 0 Å². The van der Waals surface area contributed by atoms with Crippen molar-refractivity contribution in [3.63, 3.8) is 0 Å². The smallest absolute Gasteiger partial charge is 0.335 e. The van der Waals surface area contributed by atoms with Crippen molar-refractivity contribution in [2.75, 3.05) is 19.7 Å². The molecule has 6 heteroatoms. The zero-order valence-corrected chi connectivity index (χ0v) is 11.8. The number of carboxylic acids is 1. The summed E-state index contributed by atoms with van der Waals surface area (Å²) in [7, 11) is 0. The Labute approximate surface area is 126 Å². The second kappa shape index (κ2) is 6.03. The first-order chi connectivity index (χ1) is 10.6. The molecule has 1 aliphatic heterocycles. The van der Waals surface area contributed by atoms with Crippen LogP contribution in [0.3, 0.4) is 0 Å². The van der Waals surface area contributed by atoms with Gasteiger partial charge in [-0.25, -0.2) is 4.79 Å². The zero-order valence-electron chi connectivity index (χ0n) is 11.8. The predicted octanol–water partition coefficient (Wildman–Crippen LogP) is 2.19. The van der Waals surface area contributed by atoms with E-state index in [1.165, 1.54) is 12.1 Å². The molecule has 6 nitrogen and oxygen atoms in total. The molecule has 2 heterocycles. The fraction of sp³-hybridized carbons (Fsp3) is 0.250. The van der Waals surface area contributed by atoms with Crippen LogP contribution in [0.2, 0.25) is 0 Å². The monoisotopic (exact) mass is 301 g/mol. The number of nitrogens with zero attached hydrogens (tertiary/aromatic N) is 1. The number of rotatable bonds is 3. The summed E-state index contributed by atoms with van der Waals surface area (Å²) in [6.07, 6.45) is 1.27. The lowest BCUT2D eigenvalue weighted by Crippen LogP contribution is -2.42. The van der Waals surface area contributed by atoms with Gasteiger partial charge in [0.1, 0.15) is 11.9 Å². The van der Waals surface area contributed by atoms with Gasteiger partial charge in [-0.05, 0) is 30.3 Å². The van der Waals surface area contributed by atoms with Crippen molar-refractivity contribution in [2.24, 2.45) is 0 Å². The Balaban J connectivity index is 1.77. The Morgan fingerprint density at radius 3 is 2.73 bits per heavy atom. The van der Waals surface area contributed by atoms with Crippen molar-refractivity contribution >= 4 is 11.9 Å². The number of carbonyl (C=O) groups excluding carboxylic acids is 1. The zero-order chi connectivity index (χ0) is 15.5. The molecule has 22 heavy (non-hydrogen) atoms. The van der Waals surface area contributed by atoms with Crippen LogP contribution in [-0.4, -0.2) is 41.6 Å². The van der Waals surface area contributed by atoms with Crippen molar-refractivity contribution in [1.29, 1.82) is 0 Å². The van der Waals surface area contributed by atoms with Gasteiger partial charge in [-0.15, -0.1) is 0 Å². The van der Waals surface area contributed by atoms with Gasteiger partial charge in [0.2, 0.25) is 0 Å². The van der Waals surface area contributed by atoms with Gasteiger partial charge in [0, 0.05) is 12.1 Å². The number of hydrogen-bond acceptors (Lipinski definition) is 4. The molecular formula is C16H15NO5. The molecule has 114 valence electrons. The van der Waals surface area contributed by atoms with Crippen LogP contribution in [0.25, 0.3) is 0 Å². The van der Waals surface area contributed by atoms with Gasteiger partial charge in [0.05, 0.1) is 25.0 Å². The number of aromatic carboxylic acids is 1. The second-order valence-electron chi connectivity index (χ2n) is 5.01. The highest BCUT2D eigenvalue weighted by Crippen LogP contribution is 2.23. The van der Waals surface area contributed by atoms with E-state index in [1.54, 1.807) is 29.4 Å². The van der Waals surface area contributed by atoms with Gasteiger partial charge < -0.3 is 19.2 Å². The van der Waals surface area contributed by atoms with Crippen LogP contribution in [0.15, 0.2) is 47.1 Å². The van der Waals surface area contributed by atoms with Crippen LogP contribution in [0.4, 0.5) is 0 Å². The van der Waals surface area contributed by atoms with Gasteiger partial charge >= 0.3 is 5.97 Å². The predicted molar refractivity (Wildman–Crippen MR) is 76.7 cm³/mol. The average molecular weight is 301 g/mol. The van der Waals surface area contributed by atoms with E-state index in [9.17, 15) is 9.59 Å². The van der Waals surface area contributed by atoms with Gasteiger partial charge in [-0.1, -0.05) is 6.07 Å². The molecule has 2 aromatic rings. The third-order valence-electron chi connectivity index (χ3n) is 3.57. The van der Waals surface area contributed by atoms with Gasteiger partial charge in [-0.3, -0.25) is 4.79 Å². The third kappa shape index (κ3) is 2.87. The number of carboxylic acid groups (broad SMARTS) is 1. The number of ether oxygens (including phenoxy) is 1. The molecule has 1 unspecified atom stereocenters. The van der Waals surface area contributed by atoms with Crippen LogP contribution in [0.1, 0.15) is 32.6 Å². The first kappa shape index (κ1) is 14.3. The SMILES string of the molecule is O=C(O)c1cccc(C(=O)N2CCOC(c3ccco3)C2)c1. The molecule has 0 radical (unpaired) electrons. The molecule has 1 aromatic carbocycles. The van der Waals surface area contributed by atoms with E-state index in [0.717, 1.165) is 0 Å². The Bertz CT molecular complexity index is 680. The summed E-state index contributed by atoms with van der Waals surface area (Å²) in [4.78, 5) is 25.2. The molecule has 1 fully saturated rings. The average Bonchev–Trinajstić information content (AvgIpc) is 3.09. The van der Waals surface area contributed by atoms with E-state index in [0.29, 0.717) is 31.0 Å². The maximum absolute atomic E-state index is 12.5. The van der Waals surface area contributed by atoms with E-state index in [1.807, 2.05) is 6.07 Å². The van der Waals surface area contributed by atoms with E-state index >= 15 is 0 Å². The topological polar surface area (TPSA) is 80.0 Å². The minimum absolute atomic E-state index is 0.0988. The maximum Gasteiger partial charge on any atom is 0.335 e. The Kier molecular flexibility index (Phi) is 3.93. The normalized spacial score (nSPS) is 18.2. The highest BCUT2D eigenvalue weighted by Gasteiger charge is 2.27. The fourth-order valence-corrected chi connectivity index (χ4v) is 2.45. The second-order valence-corrected chi connectivity index (χ2v) is 5.01. The van der Waals surface area contributed by atoms with Crippen molar-refractivity contribution in [3.8, 4) is 0 Å². The number of benzene rings is 1. The van der Waals surface area contributed by atoms with Crippen molar-refractivity contribution in [2.45, 2.75) is 6.10 Å². The van der Waals surface area contributed by atoms with Crippen molar-refractivity contribution in [3.05, 3.63) is 59.5 Å². The summed E-state index contributed by atoms with van der Waals surface area (Å²) in [5.74, 6) is -0.579. The Morgan fingerprint density at radius 2 is 2.00 bits per heavy atom. The summed E-state index contributed by atoms with van der Waals surface area (Å²) in [5.41, 5.74) is 0.460. The first-order valence-electron chi connectivity index (χ1n) is 6.93. The van der Waals surface area contributed by atoms with Crippen LogP contribution < -0.4 is 0 Å². The van der Waals surface area contributed by atoms with Crippen LogP contribution in [-0.2, 0) is 4.74 Å². The minimum Gasteiger partial charge on any atom is -0.478 e. The summed E-state index contributed by atoms with van der Waals surface area (Å²) >= 11 is 0. The lowest BCUT2D eigenvalue weighted by Gasteiger charge is -2.32. The molecule has 1 saturated heterocycles.